The molecule has 16 heteroatoms. The number of carbonyl (C=O) groups is 1. The molecular formula is C22H12Cl6N4O5S. The van der Waals surface area contributed by atoms with Crippen LogP contribution in [0.1, 0.15) is 16.3 Å². The van der Waals surface area contributed by atoms with Crippen LogP contribution in [-0.4, -0.2) is 24.5 Å². The highest BCUT2D eigenvalue weighted by Gasteiger charge is 2.21. The highest BCUT2D eigenvalue weighted by atomic mass is 35.5. The number of rotatable bonds is 8. The van der Waals surface area contributed by atoms with E-state index in [1.165, 1.54) is 48.5 Å². The molecule has 2 aromatic carbocycles. The van der Waals surface area contributed by atoms with Crippen molar-refractivity contribution in [3.63, 3.8) is 0 Å². The molecule has 0 atom stereocenters. The molecular weight excluding hydrogens is 645 g/mol. The lowest BCUT2D eigenvalue weighted by Gasteiger charge is -2.12. The second-order valence-corrected chi connectivity index (χ2v) is 11.2. The van der Waals surface area contributed by atoms with E-state index >= 15 is 0 Å². The van der Waals surface area contributed by atoms with Crippen molar-refractivity contribution in [3.8, 4) is 5.75 Å². The standard InChI is InChI=1S/C22H12Cl6N4O5S/c23-14-7-8-15(31-30-14)32-38(34,35)12-4-1-10(2-5-12)29-22(33)13-6-3-11(37-13)9-36-21-19(27)17(25)16(24)18(26)20(21)28/h1-8H,9H2,(H,29,33)(H,31,32). The molecule has 4 aromatic rings. The fraction of sp³-hybridized carbons (Fsp3) is 0.0455. The van der Waals surface area contributed by atoms with E-state index < -0.39 is 15.9 Å². The fourth-order valence-electron chi connectivity index (χ4n) is 2.91. The number of anilines is 2. The minimum atomic E-state index is -3.95. The van der Waals surface area contributed by atoms with Gasteiger partial charge in [-0.25, -0.2) is 8.42 Å². The number of aromatic nitrogens is 2. The predicted molar refractivity (Wildman–Crippen MR) is 147 cm³/mol. The molecule has 0 unspecified atom stereocenters. The van der Waals surface area contributed by atoms with E-state index in [-0.39, 0.29) is 64.9 Å². The van der Waals surface area contributed by atoms with Crippen LogP contribution in [0, 0.1) is 0 Å². The van der Waals surface area contributed by atoms with E-state index in [9.17, 15) is 13.2 Å². The van der Waals surface area contributed by atoms with Crippen molar-refractivity contribution in [1.29, 1.82) is 0 Å². The molecule has 0 radical (unpaired) electrons. The lowest BCUT2D eigenvalue weighted by Crippen LogP contribution is -2.15. The number of sulfonamides is 1. The van der Waals surface area contributed by atoms with Crippen molar-refractivity contribution in [2.45, 2.75) is 11.5 Å². The van der Waals surface area contributed by atoms with Crippen LogP contribution in [0.2, 0.25) is 30.3 Å². The minimum absolute atomic E-state index is 0.00257. The summed E-state index contributed by atoms with van der Waals surface area (Å²) in [5.41, 5.74) is 0.318. The third kappa shape index (κ3) is 6.40. The number of hydrogen-bond acceptors (Lipinski definition) is 7. The van der Waals surface area contributed by atoms with Gasteiger partial charge < -0.3 is 14.5 Å². The number of furan rings is 1. The number of benzene rings is 2. The van der Waals surface area contributed by atoms with Crippen molar-refractivity contribution in [2.75, 3.05) is 10.0 Å². The molecule has 0 aliphatic rings. The number of carbonyl (C=O) groups excluding carboxylic acids is 1. The first-order valence-electron chi connectivity index (χ1n) is 10.1. The number of halogens is 6. The molecule has 0 aliphatic heterocycles. The van der Waals surface area contributed by atoms with Gasteiger partial charge >= 0.3 is 0 Å². The molecule has 2 N–H and O–H groups in total. The van der Waals surface area contributed by atoms with Crippen molar-refractivity contribution in [3.05, 3.63) is 90.3 Å². The smallest absolute Gasteiger partial charge is 0.291 e. The predicted octanol–water partition coefficient (Wildman–Crippen LogP) is 7.62. The number of nitrogens with one attached hydrogen (secondary N) is 2. The maximum absolute atomic E-state index is 12.6. The first kappa shape index (κ1) is 28.6. The average molecular weight is 657 g/mol. The summed E-state index contributed by atoms with van der Waals surface area (Å²) in [7, 11) is -3.95. The maximum atomic E-state index is 12.6. The highest BCUT2D eigenvalue weighted by molar-refractivity contribution is 7.92. The molecule has 4 rings (SSSR count). The summed E-state index contributed by atoms with van der Waals surface area (Å²) in [6.45, 7) is -0.154. The highest BCUT2D eigenvalue weighted by Crippen LogP contribution is 2.48. The van der Waals surface area contributed by atoms with Gasteiger partial charge in [-0.2, -0.15) is 0 Å². The maximum Gasteiger partial charge on any atom is 0.291 e. The van der Waals surface area contributed by atoms with E-state index in [0.717, 1.165) is 0 Å². The summed E-state index contributed by atoms with van der Waals surface area (Å²) in [5, 5.41) is 9.84. The van der Waals surface area contributed by atoms with Crippen LogP contribution >= 0.6 is 69.6 Å². The average Bonchev–Trinajstić information content (AvgIpc) is 3.37. The molecule has 0 bridgehead atoms. The Morgan fingerprint density at radius 2 is 1.45 bits per heavy atom. The Hall–Kier alpha value is -2.44. The molecule has 0 fully saturated rings. The number of hydrogen-bond donors (Lipinski definition) is 2. The monoisotopic (exact) mass is 654 g/mol. The Bertz CT molecular complexity index is 1580. The summed E-state index contributed by atoms with van der Waals surface area (Å²) in [6.07, 6.45) is 0. The quantitative estimate of drug-likeness (QED) is 0.148. The Labute approximate surface area is 245 Å². The number of nitrogens with zero attached hydrogens (tertiary/aromatic N) is 2. The molecule has 0 spiro atoms. The van der Waals surface area contributed by atoms with Gasteiger partial charge in [0, 0.05) is 5.69 Å². The van der Waals surface area contributed by atoms with Crippen LogP contribution < -0.4 is 14.8 Å². The zero-order chi connectivity index (χ0) is 27.6. The van der Waals surface area contributed by atoms with E-state index in [1.807, 2.05) is 0 Å². The van der Waals surface area contributed by atoms with Gasteiger partial charge in [-0.3, -0.25) is 9.52 Å². The van der Waals surface area contributed by atoms with Crippen LogP contribution in [0.5, 0.6) is 5.75 Å². The first-order chi connectivity index (χ1) is 18.0. The van der Waals surface area contributed by atoms with Gasteiger partial charge in [0.05, 0.1) is 20.0 Å². The Kier molecular flexibility index (Phi) is 8.83. The Morgan fingerprint density at radius 1 is 0.816 bits per heavy atom. The molecule has 0 saturated carbocycles. The van der Waals surface area contributed by atoms with Crippen LogP contribution in [0.15, 0.2) is 57.8 Å². The van der Waals surface area contributed by atoms with Crippen molar-refractivity contribution < 1.29 is 22.4 Å². The van der Waals surface area contributed by atoms with E-state index in [1.54, 1.807) is 0 Å². The van der Waals surface area contributed by atoms with Gasteiger partial charge in [0.2, 0.25) is 0 Å². The largest absolute Gasteiger partial charge is 0.482 e. The van der Waals surface area contributed by atoms with Crippen molar-refractivity contribution >= 4 is 97.0 Å². The second kappa shape index (κ2) is 11.7. The van der Waals surface area contributed by atoms with Crippen LogP contribution in [0.4, 0.5) is 11.5 Å². The minimum Gasteiger partial charge on any atom is -0.482 e. The molecule has 38 heavy (non-hydrogen) atoms. The van der Waals surface area contributed by atoms with Crippen LogP contribution in [0.3, 0.4) is 0 Å². The summed E-state index contributed by atoms with van der Waals surface area (Å²) < 4.78 is 38.5. The lowest BCUT2D eigenvalue weighted by atomic mass is 10.3. The van der Waals surface area contributed by atoms with Gasteiger partial charge in [0.1, 0.15) is 22.4 Å². The van der Waals surface area contributed by atoms with E-state index in [0.29, 0.717) is 5.69 Å². The molecule has 198 valence electrons. The summed E-state index contributed by atoms with van der Waals surface area (Å²) in [6, 6.07) is 11.1. The Balaban J connectivity index is 1.39. The van der Waals surface area contributed by atoms with Gasteiger partial charge in [0.25, 0.3) is 15.9 Å². The van der Waals surface area contributed by atoms with Gasteiger partial charge in [-0.05, 0) is 48.5 Å². The molecule has 2 aromatic heterocycles. The third-order valence-corrected chi connectivity index (χ3v) is 8.52. The summed E-state index contributed by atoms with van der Waals surface area (Å²) in [5.74, 6) is -0.357. The molecule has 0 aliphatic carbocycles. The Morgan fingerprint density at radius 3 is 2.05 bits per heavy atom. The zero-order valence-electron chi connectivity index (χ0n) is 18.4. The topological polar surface area (TPSA) is 123 Å². The third-order valence-electron chi connectivity index (χ3n) is 4.71. The summed E-state index contributed by atoms with van der Waals surface area (Å²) >= 11 is 36.0. The molecule has 0 saturated heterocycles. The van der Waals surface area contributed by atoms with Crippen LogP contribution in [0.25, 0.3) is 0 Å². The van der Waals surface area contributed by atoms with Crippen molar-refractivity contribution in [1.82, 2.24) is 10.2 Å². The van der Waals surface area contributed by atoms with Gasteiger partial charge in [0.15, 0.2) is 22.5 Å². The first-order valence-corrected chi connectivity index (χ1v) is 13.9. The number of amides is 1. The van der Waals surface area contributed by atoms with Gasteiger partial charge in [-0.15, -0.1) is 10.2 Å². The SMILES string of the molecule is O=C(Nc1ccc(S(=O)(=O)Nc2ccc(Cl)nn2)cc1)c1ccc(COc2c(Cl)c(Cl)c(Cl)c(Cl)c2Cl)o1. The van der Waals surface area contributed by atoms with Crippen LogP contribution in [-0.2, 0) is 16.6 Å². The molecule has 2 heterocycles. The molecule has 1 amide bonds. The molecule has 9 nitrogen and oxygen atoms in total. The lowest BCUT2D eigenvalue weighted by molar-refractivity contribution is 0.0992. The second-order valence-electron chi connectivity index (χ2n) is 7.28. The van der Waals surface area contributed by atoms with E-state index in [2.05, 4.69) is 20.2 Å². The zero-order valence-corrected chi connectivity index (χ0v) is 23.8. The summed E-state index contributed by atoms with van der Waals surface area (Å²) in [4.78, 5) is 12.5. The van der Waals surface area contributed by atoms with Gasteiger partial charge in [-0.1, -0.05) is 69.6 Å². The fourth-order valence-corrected chi connectivity index (χ4v) is 5.24. The normalized spacial score (nSPS) is 11.3. The van der Waals surface area contributed by atoms with Crippen molar-refractivity contribution in [2.24, 2.45) is 0 Å². The van der Waals surface area contributed by atoms with E-state index in [4.69, 9.17) is 78.8 Å². The number of ether oxygens (including phenoxy) is 1.